The molecule has 0 spiro atoms. The molecule has 140 valence electrons. The van der Waals surface area contributed by atoms with Gasteiger partial charge in [-0.15, -0.1) is 20.4 Å². The maximum absolute atomic E-state index is 12.9. The first-order valence-corrected chi connectivity index (χ1v) is 9.19. The van der Waals surface area contributed by atoms with E-state index in [-0.39, 0.29) is 17.4 Å². The molecule has 0 bridgehead atoms. The number of nitrogens with zero attached hydrogens (tertiary/aromatic N) is 6. The summed E-state index contributed by atoms with van der Waals surface area (Å²) in [6.45, 7) is 0.217. The van der Waals surface area contributed by atoms with Crippen LogP contribution in [0.2, 0.25) is 5.02 Å². The van der Waals surface area contributed by atoms with Crippen LogP contribution in [0, 0.1) is 5.82 Å². The van der Waals surface area contributed by atoms with Crippen LogP contribution in [0.4, 0.5) is 10.1 Å². The third-order valence-electron chi connectivity index (χ3n) is 3.58. The highest BCUT2D eigenvalue weighted by atomic mass is 35.5. The zero-order valence-electron chi connectivity index (χ0n) is 14.1. The summed E-state index contributed by atoms with van der Waals surface area (Å²) in [6.07, 6.45) is 0. The molecular formula is C17H11ClFN7OS. The lowest BCUT2D eigenvalue weighted by Gasteiger charge is -2.01. The molecule has 4 rings (SSSR count). The van der Waals surface area contributed by atoms with Crippen molar-refractivity contribution in [3.8, 4) is 11.4 Å². The van der Waals surface area contributed by atoms with Crippen molar-refractivity contribution in [2.45, 2.75) is 6.54 Å². The highest BCUT2D eigenvalue weighted by Crippen LogP contribution is 2.19. The average molecular weight is 416 g/mol. The number of hydrogen-bond donors (Lipinski definition) is 1. The zero-order chi connectivity index (χ0) is 19.5. The minimum atomic E-state index is -0.429. The number of anilines is 1. The lowest BCUT2D eigenvalue weighted by atomic mass is 10.2. The Hall–Kier alpha value is -3.24. The van der Waals surface area contributed by atoms with Gasteiger partial charge in [0.1, 0.15) is 17.4 Å². The molecule has 28 heavy (non-hydrogen) atoms. The van der Waals surface area contributed by atoms with Gasteiger partial charge in [-0.25, -0.2) is 4.39 Å². The summed E-state index contributed by atoms with van der Waals surface area (Å²) in [6, 6.07) is 12.6. The van der Waals surface area contributed by atoms with Crippen LogP contribution in [0.15, 0.2) is 48.5 Å². The van der Waals surface area contributed by atoms with Crippen LogP contribution < -0.4 is 5.32 Å². The topological polar surface area (TPSA) is 98.5 Å². The van der Waals surface area contributed by atoms with E-state index in [1.54, 1.807) is 18.2 Å². The Morgan fingerprint density at radius 2 is 1.96 bits per heavy atom. The van der Waals surface area contributed by atoms with Gasteiger partial charge in [-0.2, -0.15) is 4.80 Å². The molecule has 0 aliphatic carbocycles. The van der Waals surface area contributed by atoms with E-state index in [4.69, 9.17) is 11.6 Å². The summed E-state index contributed by atoms with van der Waals surface area (Å²) in [5, 5.41) is 24.1. The highest BCUT2D eigenvalue weighted by Gasteiger charge is 2.15. The molecule has 0 atom stereocenters. The van der Waals surface area contributed by atoms with E-state index in [1.165, 1.54) is 29.1 Å². The van der Waals surface area contributed by atoms with E-state index < -0.39 is 5.91 Å². The van der Waals surface area contributed by atoms with Gasteiger partial charge >= 0.3 is 0 Å². The predicted molar refractivity (Wildman–Crippen MR) is 102 cm³/mol. The molecule has 0 aliphatic heterocycles. The standard InChI is InChI=1S/C17H11ClFN7OS/c18-11-3-1-2-10(8-11)15-22-25-26(24-15)9-14-21-23-17(28-14)16(27)20-13-6-4-12(19)5-7-13/h1-8H,9H2,(H,20,27). The number of amides is 1. The first-order chi connectivity index (χ1) is 13.6. The fraction of sp³-hybridized carbons (Fsp3) is 0.0588. The van der Waals surface area contributed by atoms with Gasteiger partial charge in [0, 0.05) is 16.3 Å². The zero-order valence-corrected chi connectivity index (χ0v) is 15.7. The number of nitrogens with one attached hydrogen (secondary N) is 1. The van der Waals surface area contributed by atoms with Crippen molar-refractivity contribution < 1.29 is 9.18 Å². The molecular weight excluding hydrogens is 405 g/mol. The first kappa shape index (κ1) is 18.1. The van der Waals surface area contributed by atoms with Gasteiger partial charge in [0.05, 0.1) is 0 Å². The van der Waals surface area contributed by atoms with Crippen molar-refractivity contribution >= 4 is 34.5 Å². The maximum atomic E-state index is 12.9. The largest absolute Gasteiger partial charge is 0.320 e. The summed E-state index contributed by atoms with van der Waals surface area (Å²) >= 11 is 7.08. The Morgan fingerprint density at radius 3 is 2.75 bits per heavy atom. The van der Waals surface area contributed by atoms with Crippen LogP contribution in [-0.4, -0.2) is 36.3 Å². The Bertz CT molecular complexity index is 1130. The molecule has 2 aromatic carbocycles. The van der Waals surface area contributed by atoms with Crippen molar-refractivity contribution in [2.24, 2.45) is 0 Å². The lowest BCUT2D eigenvalue weighted by molar-refractivity contribution is 0.102. The molecule has 0 saturated heterocycles. The monoisotopic (exact) mass is 415 g/mol. The summed E-state index contributed by atoms with van der Waals surface area (Å²) < 4.78 is 12.9. The number of benzene rings is 2. The van der Waals surface area contributed by atoms with E-state index >= 15 is 0 Å². The molecule has 0 fully saturated rings. The van der Waals surface area contributed by atoms with Gasteiger partial charge in [0.15, 0.2) is 0 Å². The van der Waals surface area contributed by atoms with Crippen LogP contribution in [0.25, 0.3) is 11.4 Å². The average Bonchev–Trinajstić information content (AvgIpc) is 3.34. The third-order valence-corrected chi connectivity index (χ3v) is 4.72. The minimum absolute atomic E-state index is 0.175. The van der Waals surface area contributed by atoms with Crippen LogP contribution in [0.5, 0.6) is 0 Å². The minimum Gasteiger partial charge on any atom is -0.320 e. The van der Waals surface area contributed by atoms with Crippen molar-refractivity contribution in [3.63, 3.8) is 0 Å². The fourth-order valence-corrected chi connectivity index (χ4v) is 3.20. The van der Waals surface area contributed by atoms with Gasteiger partial charge in [-0.05, 0) is 41.6 Å². The molecule has 4 aromatic rings. The Labute approximate surface area is 167 Å². The smallest absolute Gasteiger partial charge is 0.286 e. The number of carbonyl (C=O) groups is 1. The van der Waals surface area contributed by atoms with Crippen molar-refractivity contribution in [3.05, 3.63) is 69.4 Å². The number of tetrazole rings is 1. The Morgan fingerprint density at radius 1 is 1.14 bits per heavy atom. The van der Waals surface area contributed by atoms with E-state index in [1.807, 2.05) is 6.07 Å². The molecule has 2 aromatic heterocycles. The van der Waals surface area contributed by atoms with E-state index in [2.05, 4.69) is 30.9 Å². The lowest BCUT2D eigenvalue weighted by Crippen LogP contribution is -2.11. The van der Waals surface area contributed by atoms with Crippen LogP contribution >= 0.6 is 22.9 Å². The first-order valence-electron chi connectivity index (χ1n) is 8.00. The summed E-state index contributed by atoms with van der Waals surface area (Å²) in [5.74, 6) is -0.378. The molecule has 0 radical (unpaired) electrons. The number of rotatable bonds is 5. The van der Waals surface area contributed by atoms with Gasteiger partial charge in [0.2, 0.25) is 10.8 Å². The van der Waals surface area contributed by atoms with Gasteiger partial charge in [-0.3, -0.25) is 4.79 Å². The van der Waals surface area contributed by atoms with Crippen LogP contribution in [0.1, 0.15) is 14.8 Å². The summed E-state index contributed by atoms with van der Waals surface area (Å²) in [4.78, 5) is 13.6. The van der Waals surface area contributed by atoms with Gasteiger partial charge < -0.3 is 5.32 Å². The fourth-order valence-electron chi connectivity index (χ4n) is 2.30. The SMILES string of the molecule is O=C(Nc1ccc(F)cc1)c1nnc(Cn2nnc(-c3cccc(Cl)c3)n2)s1. The number of carbonyl (C=O) groups excluding carboxylic acids is 1. The van der Waals surface area contributed by atoms with E-state index in [0.29, 0.717) is 21.5 Å². The molecule has 0 unspecified atom stereocenters. The van der Waals surface area contributed by atoms with Crippen LogP contribution in [-0.2, 0) is 6.54 Å². The maximum Gasteiger partial charge on any atom is 0.286 e. The quantitative estimate of drug-likeness (QED) is 0.537. The van der Waals surface area contributed by atoms with E-state index in [0.717, 1.165) is 16.9 Å². The van der Waals surface area contributed by atoms with Gasteiger partial charge in [0.25, 0.3) is 5.91 Å². The third kappa shape index (κ3) is 4.18. The van der Waals surface area contributed by atoms with Gasteiger partial charge in [-0.1, -0.05) is 35.1 Å². The second-order valence-electron chi connectivity index (χ2n) is 5.62. The molecule has 2 heterocycles. The summed E-state index contributed by atoms with van der Waals surface area (Å²) in [5.41, 5.74) is 1.21. The van der Waals surface area contributed by atoms with Crippen molar-refractivity contribution in [1.82, 2.24) is 30.4 Å². The number of hydrogen-bond acceptors (Lipinski definition) is 7. The highest BCUT2D eigenvalue weighted by molar-refractivity contribution is 7.13. The van der Waals surface area contributed by atoms with Crippen LogP contribution in [0.3, 0.4) is 0 Å². The molecule has 1 amide bonds. The molecule has 11 heteroatoms. The van der Waals surface area contributed by atoms with E-state index in [9.17, 15) is 9.18 Å². The molecule has 8 nitrogen and oxygen atoms in total. The Kier molecular flexibility index (Phi) is 5.04. The van der Waals surface area contributed by atoms with Crippen molar-refractivity contribution in [1.29, 1.82) is 0 Å². The summed E-state index contributed by atoms with van der Waals surface area (Å²) in [7, 11) is 0. The van der Waals surface area contributed by atoms with Crippen molar-refractivity contribution in [2.75, 3.05) is 5.32 Å². The predicted octanol–water partition coefficient (Wildman–Crippen LogP) is 3.28. The second-order valence-corrected chi connectivity index (χ2v) is 7.11. The molecule has 0 aliphatic rings. The number of halogens is 2. The molecule has 0 saturated carbocycles. The number of aromatic nitrogens is 6. The normalized spacial score (nSPS) is 10.8. The Balaban J connectivity index is 1.43. The second kappa shape index (κ2) is 7.79. The molecule has 1 N–H and O–H groups in total.